The van der Waals surface area contributed by atoms with Crippen molar-refractivity contribution < 1.29 is 4.79 Å². The third kappa shape index (κ3) is 6.49. The second-order valence-corrected chi connectivity index (χ2v) is 10.4. The molecule has 0 aliphatic carbocycles. The van der Waals surface area contributed by atoms with E-state index in [1.165, 1.54) is 5.69 Å². The molecule has 2 aliphatic rings. The summed E-state index contributed by atoms with van der Waals surface area (Å²) in [5.41, 5.74) is 4.77. The Labute approximate surface area is 235 Å². The summed E-state index contributed by atoms with van der Waals surface area (Å²) in [5, 5.41) is 4.53. The van der Waals surface area contributed by atoms with E-state index in [1.807, 2.05) is 13.0 Å². The van der Waals surface area contributed by atoms with Crippen molar-refractivity contribution in [3.8, 4) is 0 Å². The number of hydrogen-bond donors (Lipinski definition) is 1. The lowest BCUT2D eigenvalue weighted by Crippen LogP contribution is -2.44. The highest BCUT2D eigenvalue weighted by Gasteiger charge is 2.26. The number of hydrogen-bond acceptors (Lipinski definition) is 5. The number of piperazine rings is 1. The Balaban J connectivity index is 1.64. The number of aliphatic imine (C=N–C) groups is 1. The molecule has 1 amide bonds. The number of rotatable bonds is 7. The van der Waals surface area contributed by atoms with Gasteiger partial charge in [0.15, 0.2) is 0 Å². The number of nitrogens with zero attached hydrogens (tertiary/aromatic N) is 4. The average Bonchev–Trinajstić information content (AvgIpc) is 2.92. The Morgan fingerprint density at radius 3 is 2.29 bits per heavy atom. The van der Waals surface area contributed by atoms with Crippen LogP contribution >= 0.6 is 23.2 Å². The van der Waals surface area contributed by atoms with Crippen LogP contribution in [0, 0.1) is 0 Å². The number of anilines is 2. The first-order valence-electron chi connectivity index (χ1n) is 13.0. The van der Waals surface area contributed by atoms with Gasteiger partial charge < -0.3 is 15.1 Å². The van der Waals surface area contributed by atoms with Crippen LogP contribution in [0.25, 0.3) is 0 Å². The third-order valence-corrected chi connectivity index (χ3v) is 7.73. The van der Waals surface area contributed by atoms with Crippen molar-refractivity contribution in [2.24, 2.45) is 4.99 Å². The summed E-state index contributed by atoms with van der Waals surface area (Å²) in [6.45, 7) is 10.5. The molecule has 2 aromatic rings. The van der Waals surface area contributed by atoms with E-state index < -0.39 is 0 Å². The minimum absolute atomic E-state index is 0.171. The van der Waals surface area contributed by atoms with Gasteiger partial charge in [-0.05, 0) is 75.4 Å². The molecule has 1 saturated heterocycles. The molecule has 0 aromatic heterocycles. The number of carbonyl (C=O) groups is 1. The molecular formula is C30H35Cl2N5O. The molecule has 2 aliphatic heterocycles. The van der Waals surface area contributed by atoms with Crippen molar-refractivity contribution in [3.05, 3.63) is 93.3 Å². The molecule has 0 unspecified atom stereocenters. The second kappa shape index (κ2) is 12.7. The van der Waals surface area contributed by atoms with Gasteiger partial charge in [-0.2, -0.15) is 0 Å². The molecular weight excluding hydrogens is 517 g/mol. The fraction of sp³-hybridized carbons (Fsp3) is 0.333. The van der Waals surface area contributed by atoms with Gasteiger partial charge in [0.05, 0.1) is 6.54 Å². The smallest absolute Gasteiger partial charge is 0.252 e. The lowest BCUT2D eigenvalue weighted by atomic mass is 10.1. The van der Waals surface area contributed by atoms with Crippen LogP contribution < -0.4 is 10.2 Å². The van der Waals surface area contributed by atoms with E-state index in [2.05, 4.69) is 60.3 Å². The van der Waals surface area contributed by atoms with Crippen molar-refractivity contribution in [1.82, 2.24) is 9.80 Å². The van der Waals surface area contributed by atoms with Crippen LogP contribution in [0.4, 0.5) is 11.4 Å². The van der Waals surface area contributed by atoms with Gasteiger partial charge in [0.2, 0.25) is 0 Å². The molecule has 0 spiro atoms. The molecule has 0 atom stereocenters. The average molecular weight is 553 g/mol. The highest BCUT2D eigenvalue weighted by Crippen LogP contribution is 2.29. The van der Waals surface area contributed by atoms with E-state index in [1.54, 1.807) is 35.3 Å². The molecule has 4 rings (SSSR count). The standard InChI is InChI=1S/C30H35Cl2N5O/c1-5-21(3)29(33-23-11-13-24(14-12-23)36-18-16-35(4)17-19-36)34-30-22(6-2)10-15-28(38)37(30)20-25-26(31)8-7-9-27(25)32/h6-15,33H,5,16-20H2,1-4H3/b22-6-,29-21+,34-30+. The maximum Gasteiger partial charge on any atom is 0.252 e. The Morgan fingerprint density at radius 1 is 1.03 bits per heavy atom. The molecule has 2 heterocycles. The number of carbonyl (C=O) groups excluding carboxylic acids is 1. The quantitative estimate of drug-likeness (QED) is 0.413. The summed E-state index contributed by atoms with van der Waals surface area (Å²) < 4.78 is 0. The van der Waals surface area contributed by atoms with Crippen LogP contribution in [-0.4, -0.2) is 54.8 Å². The molecule has 0 radical (unpaired) electrons. The number of halogens is 2. The minimum atomic E-state index is -0.171. The van der Waals surface area contributed by atoms with E-state index in [0.29, 0.717) is 27.3 Å². The molecule has 0 bridgehead atoms. The van der Waals surface area contributed by atoms with Crippen LogP contribution in [0.5, 0.6) is 0 Å². The monoisotopic (exact) mass is 551 g/mol. The van der Waals surface area contributed by atoms with E-state index >= 15 is 0 Å². The Bertz CT molecular complexity index is 1270. The number of likely N-dealkylation sites (N-methyl/N-ethyl adjacent to an activating group) is 1. The van der Waals surface area contributed by atoms with Crippen molar-refractivity contribution in [1.29, 1.82) is 0 Å². The SMILES string of the molecule is C/C=C1/C=CC(=O)N(Cc2c(Cl)cccc2Cl)/C1=N/C(Nc1ccc(N2CCN(C)CC2)cc1)=C(\C)CC. The highest BCUT2D eigenvalue weighted by atomic mass is 35.5. The zero-order valence-electron chi connectivity index (χ0n) is 22.5. The summed E-state index contributed by atoms with van der Waals surface area (Å²) in [6, 6.07) is 13.8. The van der Waals surface area contributed by atoms with Gasteiger partial charge >= 0.3 is 0 Å². The van der Waals surface area contributed by atoms with Crippen molar-refractivity contribution in [3.63, 3.8) is 0 Å². The lowest BCUT2D eigenvalue weighted by molar-refractivity contribution is -0.123. The van der Waals surface area contributed by atoms with E-state index in [0.717, 1.165) is 49.4 Å². The first-order valence-corrected chi connectivity index (χ1v) is 13.7. The van der Waals surface area contributed by atoms with Crippen LogP contribution in [0.15, 0.2) is 82.7 Å². The summed E-state index contributed by atoms with van der Waals surface area (Å²) in [4.78, 5) is 24.5. The third-order valence-electron chi connectivity index (χ3n) is 7.03. The molecule has 200 valence electrons. The van der Waals surface area contributed by atoms with E-state index in [4.69, 9.17) is 28.2 Å². The van der Waals surface area contributed by atoms with E-state index in [9.17, 15) is 4.79 Å². The molecule has 2 aromatic carbocycles. The van der Waals surface area contributed by atoms with Gasteiger partial charge in [-0.15, -0.1) is 0 Å². The molecule has 1 N–H and O–H groups in total. The van der Waals surface area contributed by atoms with Crippen LogP contribution in [0.2, 0.25) is 10.0 Å². The molecule has 8 heteroatoms. The number of amidine groups is 1. The van der Waals surface area contributed by atoms with E-state index in [-0.39, 0.29) is 12.5 Å². The van der Waals surface area contributed by atoms with Gasteiger partial charge in [-0.3, -0.25) is 9.69 Å². The fourth-order valence-electron chi connectivity index (χ4n) is 4.39. The second-order valence-electron chi connectivity index (χ2n) is 9.58. The summed E-state index contributed by atoms with van der Waals surface area (Å²) in [5.74, 6) is 1.10. The predicted molar refractivity (Wildman–Crippen MR) is 160 cm³/mol. The molecule has 38 heavy (non-hydrogen) atoms. The maximum absolute atomic E-state index is 13.1. The van der Waals surface area contributed by atoms with Crippen molar-refractivity contribution in [2.75, 3.05) is 43.4 Å². The van der Waals surface area contributed by atoms with Crippen LogP contribution in [0.3, 0.4) is 0 Å². The number of amides is 1. The normalized spacial score (nSPS) is 19.4. The largest absolute Gasteiger partial charge is 0.369 e. The van der Waals surface area contributed by atoms with Crippen molar-refractivity contribution >= 4 is 46.3 Å². The summed E-state index contributed by atoms with van der Waals surface area (Å²) >= 11 is 12.9. The molecule has 1 fully saturated rings. The summed E-state index contributed by atoms with van der Waals surface area (Å²) in [6.07, 6.45) is 6.12. The fourth-order valence-corrected chi connectivity index (χ4v) is 4.91. The van der Waals surface area contributed by atoms with Gasteiger partial charge in [0.1, 0.15) is 11.7 Å². The zero-order valence-corrected chi connectivity index (χ0v) is 24.0. The highest BCUT2D eigenvalue weighted by molar-refractivity contribution is 6.36. The number of allylic oxidation sites excluding steroid dienone is 2. The minimum Gasteiger partial charge on any atom is -0.369 e. The van der Waals surface area contributed by atoms with Gasteiger partial charge in [0, 0.05) is 64.8 Å². The Hall–Kier alpha value is -3.06. The number of nitrogens with one attached hydrogen (secondary N) is 1. The van der Waals surface area contributed by atoms with Crippen LogP contribution in [-0.2, 0) is 11.3 Å². The maximum atomic E-state index is 13.1. The lowest BCUT2D eigenvalue weighted by Gasteiger charge is -2.34. The van der Waals surface area contributed by atoms with Crippen LogP contribution in [0.1, 0.15) is 32.8 Å². The molecule has 0 saturated carbocycles. The first-order chi connectivity index (χ1) is 18.3. The Kier molecular flexibility index (Phi) is 9.31. The van der Waals surface area contributed by atoms with Gasteiger partial charge in [-0.25, -0.2) is 4.99 Å². The first kappa shape index (κ1) is 28.0. The topological polar surface area (TPSA) is 51.2 Å². The molecule has 6 nitrogen and oxygen atoms in total. The van der Waals surface area contributed by atoms with Crippen molar-refractivity contribution in [2.45, 2.75) is 33.7 Å². The number of benzene rings is 2. The Morgan fingerprint density at radius 2 is 1.68 bits per heavy atom. The van der Waals surface area contributed by atoms with Gasteiger partial charge in [-0.1, -0.05) is 42.3 Å². The predicted octanol–water partition coefficient (Wildman–Crippen LogP) is 6.74. The zero-order chi connectivity index (χ0) is 27.2. The van der Waals surface area contributed by atoms with Gasteiger partial charge in [0.25, 0.3) is 5.91 Å². The summed E-state index contributed by atoms with van der Waals surface area (Å²) in [7, 11) is 2.16.